The van der Waals surface area contributed by atoms with Gasteiger partial charge < -0.3 is 10.0 Å². The Morgan fingerprint density at radius 1 is 1.36 bits per heavy atom. The molecule has 0 unspecified atom stereocenters. The molecule has 1 aromatic heterocycles. The Hall–Kier alpha value is -1.23. The maximum absolute atomic E-state index is 12.5. The first-order chi connectivity index (χ1) is 6.77. The van der Waals surface area contributed by atoms with Crippen LogP contribution in [0.3, 0.4) is 0 Å². The van der Waals surface area contributed by atoms with Gasteiger partial charge in [-0.2, -0.15) is 0 Å². The number of hydrogen-bond donors (Lipinski definition) is 1. The lowest BCUT2D eigenvalue weighted by atomic mass is 10.4. The molecule has 1 N–H and O–H groups in total. The summed E-state index contributed by atoms with van der Waals surface area (Å²) in [7, 11) is 0. The van der Waals surface area contributed by atoms with Gasteiger partial charge in [-0.1, -0.05) is 6.92 Å². The SMILES string of the molecule is CCCN(CCO)c1ncc(F)cn1. The highest BCUT2D eigenvalue weighted by Crippen LogP contribution is 2.06. The zero-order valence-corrected chi connectivity index (χ0v) is 8.15. The van der Waals surface area contributed by atoms with Crippen LogP contribution in [0.5, 0.6) is 0 Å². The number of aliphatic hydroxyl groups excluding tert-OH is 1. The van der Waals surface area contributed by atoms with E-state index in [-0.39, 0.29) is 6.61 Å². The zero-order valence-electron chi connectivity index (χ0n) is 8.15. The lowest BCUT2D eigenvalue weighted by Gasteiger charge is -2.20. The molecular weight excluding hydrogens is 185 g/mol. The summed E-state index contributed by atoms with van der Waals surface area (Å²) in [4.78, 5) is 9.51. The lowest BCUT2D eigenvalue weighted by molar-refractivity contribution is 0.301. The van der Waals surface area contributed by atoms with Gasteiger partial charge in [0.1, 0.15) is 0 Å². The van der Waals surface area contributed by atoms with E-state index in [2.05, 4.69) is 9.97 Å². The van der Waals surface area contributed by atoms with Gasteiger partial charge in [0.2, 0.25) is 5.95 Å². The summed E-state index contributed by atoms with van der Waals surface area (Å²) >= 11 is 0. The first kappa shape index (κ1) is 10.8. The Bertz CT molecular complexity index is 259. The third-order valence-corrected chi connectivity index (χ3v) is 1.75. The van der Waals surface area contributed by atoms with E-state index in [0.29, 0.717) is 12.5 Å². The third-order valence-electron chi connectivity index (χ3n) is 1.75. The Balaban J connectivity index is 2.71. The molecule has 0 bridgehead atoms. The van der Waals surface area contributed by atoms with Crippen molar-refractivity contribution in [2.45, 2.75) is 13.3 Å². The van der Waals surface area contributed by atoms with E-state index in [1.165, 1.54) is 0 Å². The van der Waals surface area contributed by atoms with Crippen LogP contribution in [-0.2, 0) is 0 Å². The summed E-state index contributed by atoms with van der Waals surface area (Å²) in [6.45, 7) is 3.29. The minimum Gasteiger partial charge on any atom is -0.395 e. The number of rotatable bonds is 5. The molecule has 0 spiro atoms. The minimum atomic E-state index is -0.450. The smallest absolute Gasteiger partial charge is 0.225 e. The molecule has 0 saturated heterocycles. The zero-order chi connectivity index (χ0) is 10.4. The fourth-order valence-corrected chi connectivity index (χ4v) is 1.17. The van der Waals surface area contributed by atoms with Crippen LogP contribution in [0.2, 0.25) is 0 Å². The van der Waals surface area contributed by atoms with Crippen molar-refractivity contribution >= 4 is 5.95 Å². The molecule has 0 aliphatic rings. The Labute approximate surface area is 82.4 Å². The van der Waals surface area contributed by atoms with Crippen LogP contribution >= 0.6 is 0 Å². The molecule has 78 valence electrons. The molecule has 0 aliphatic carbocycles. The van der Waals surface area contributed by atoms with Crippen molar-refractivity contribution in [2.75, 3.05) is 24.6 Å². The molecule has 1 rings (SSSR count). The van der Waals surface area contributed by atoms with Gasteiger partial charge in [-0.15, -0.1) is 0 Å². The van der Waals surface area contributed by atoms with E-state index in [0.717, 1.165) is 25.4 Å². The summed E-state index contributed by atoms with van der Waals surface area (Å²) in [5.74, 6) is 0.0106. The van der Waals surface area contributed by atoms with Crippen molar-refractivity contribution in [3.05, 3.63) is 18.2 Å². The average Bonchev–Trinajstić information content (AvgIpc) is 2.19. The molecule has 0 saturated carbocycles. The van der Waals surface area contributed by atoms with Crippen LogP contribution in [0.25, 0.3) is 0 Å². The molecule has 5 heteroatoms. The summed E-state index contributed by atoms with van der Waals surface area (Å²) in [5.41, 5.74) is 0. The monoisotopic (exact) mass is 199 g/mol. The predicted molar refractivity (Wildman–Crippen MR) is 51.6 cm³/mol. The van der Waals surface area contributed by atoms with Gasteiger partial charge in [0.05, 0.1) is 19.0 Å². The number of aromatic nitrogens is 2. The van der Waals surface area contributed by atoms with Crippen molar-refractivity contribution in [1.29, 1.82) is 0 Å². The molecule has 4 nitrogen and oxygen atoms in total. The Morgan fingerprint density at radius 2 is 2.00 bits per heavy atom. The highest BCUT2D eigenvalue weighted by Gasteiger charge is 2.07. The van der Waals surface area contributed by atoms with Crippen molar-refractivity contribution < 1.29 is 9.50 Å². The molecule has 1 aromatic rings. The first-order valence-corrected chi connectivity index (χ1v) is 4.61. The van der Waals surface area contributed by atoms with Gasteiger partial charge in [-0.25, -0.2) is 14.4 Å². The average molecular weight is 199 g/mol. The number of anilines is 1. The van der Waals surface area contributed by atoms with E-state index in [4.69, 9.17) is 5.11 Å². The fourth-order valence-electron chi connectivity index (χ4n) is 1.17. The standard InChI is InChI=1S/C9H14FN3O/c1-2-3-13(4-5-14)9-11-6-8(10)7-12-9/h6-7,14H,2-5H2,1H3. The van der Waals surface area contributed by atoms with Gasteiger partial charge in [0.15, 0.2) is 5.82 Å². The molecule has 0 aliphatic heterocycles. The molecular formula is C9H14FN3O. The minimum absolute atomic E-state index is 0.0424. The lowest BCUT2D eigenvalue weighted by Crippen LogP contribution is -2.29. The number of halogens is 1. The number of hydrogen-bond acceptors (Lipinski definition) is 4. The number of aliphatic hydroxyl groups is 1. The van der Waals surface area contributed by atoms with E-state index >= 15 is 0 Å². The van der Waals surface area contributed by atoms with Crippen LogP contribution in [0, 0.1) is 5.82 Å². The van der Waals surface area contributed by atoms with Crippen LogP contribution < -0.4 is 4.90 Å². The molecule has 0 aromatic carbocycles. The summed E-state index contributed by atoms with van der Waals surface area (Å²) < 4.78 is 12.5. The third kappa shape index (κ3) is 2.92. The second-order valence-corrected chi connectivity index (χ2v) is 2.91. The van der Waals surface area contributed by atoms with Crippen LogP contribution in [0.1, 0.15) is 13.3 Å². The molecule has 1 heterocycles. The van der Waals surface area contributed by atoms with Gasteiger partial charge >= 0.3 is 0 Å². The van der Waals surface area contributed by atoms with Crippen LogP contribution in [0.15, 0.2) is 12.4 Å². The summed E-state index contributed by atoms with van der Waals surface area (Å²) in [6, 6.07) is 0. The van der Waals surface area contributed by atoms with E-state index in [9.17, 15) is 4.39 Å². The van der Waals surface area contributed by atoms with Gasteiger partial charge in [-0.3, -0.25) is 0 Å². The van der Waals surface area contributed by atoms with Gasteiger partial charge in [0.25, 0.3) is 0 Å². The van der Waals surface area contributed by atoms with Gasteiger partial charge in [-0.05, 0) is 6.42 Å². The molecule has 0 fully saturated rings. The second kappa shape index (κ2) is 5.49. The molecule has 0 atom stereocenters. The van der Waals surface area contributed by atoms with Crippen molar-refractivity contribution in [1.82, 2.24) is 9.97 Å². The quantitative estimate of drug-likeness (QED) is 0.763. The van der Waals surface area contributed by atoms with Crippen LogP contribution in [0.4, 0.5) is 10.3 Å². The van der Waals surface area contributed by atoms with Crippen molar-refractivity contribution in [2.24, 2.45) is 0 Å². The maximum atomic E-state index is 12.5. The normalized spacial score (nSPS) is 10.2. The molecule has 0 amide bonds. The van der Waals surface area contributed by atoms with E-state index in [1.807, 2.05) is 11.8 Å². The number of nitrogens with zero attached hydrogens (tertiary/aromatic N) is 3. The molecule has 14 heavy (non-hydrogen) atoms. The largest absolute Gasteiger partial charge is 0.395 e. The highest BCUT2D eigenvalue weighted by molar-refractivity contribution is 5.27. The topological polar surface area (TPSA) is 49.2 Å². The Morgan fingerprint density at radius 3 is 2.50 bits per heavy atom. The van der Waals surface area contributed by atoms with E-state index in [1.54, 1.807) is 0 Å². The van der Waals surface area contributed by atoms with E-state index < -0.39 is 5.82 Å². The van der Waals surface area contributed by atoms with Crippen molar-refractivity contribution in [3.8, 4) is 0 Å². The molecule has 0 radical (unpaired) electrons. The van der Waals surface area contributed by atoms with Crippen molar-refractivity contribution in [3.63, 3.8) is 0 Å². The maximum Gasteiger partial charge on any atom is 0.225 e. The Kier molecular flexibility index (Phi) is 4.25. The predicted octanol–water partition coefficient (Wildman–Crippen LogP) is 0.824. The fraction of sp³-hybridized carbons (Fsp3) is 0.556. The van der Waals surface area contributed by atoms with Gasteiger partial charge in [0, 0.05) is 13.1 Å². The first-order valence-electron chi connectivity index (χ1n) is 4.61. The summed E-state index contributed by atoms with van der Waals surface area (Å²) in [5, 5.41) is 8.81. The second-order valence-electron chi connectivity index (χ2n) is 2.91. The van der Waals surface area contributed by atoms with Crippen LogP contribution in [-0.4, -0.2) is 34.8 Å². The summed E-state index contributed by atoms with van der Waals surface area (Å²) in [6.07, 6.45) is 3.19. The highest BCUT2D eigenvalue weighted by atomic mass is 19.1.